The number of imidazole rings is 1. The van der Waals surface area contributed by atoms with E-state index in [1.807, 2.05) is 13.2 Å². The quantitative estimate of drug-likeness (QED) is 0.883. The normalized spacial score (nSPS) is 18.3. The third kappa shape index (κ3) is 2.41. The number of H-pyrrole nitrogens is 1. The lowest BCUT2D eigenvalue weighted by Gasteiger charge is -2.27. The van der Waals surface area contributed by atoms with Gasteiger partial charge in [-0.15, -0.1) is 0 Å². The summed E-state index contributed by atoms with van der Waals surface area (Å²) in [5.74, 6) is 0.950. The first kappa shape index (κ1) is 12.4. The van der Waals surface area contributed by atoms with Gasteiger partial charge < -0.3 is 15.0 Å². The van der Waals surface area contributed by atoms with E-state index in [2.05, 4.69) is 33.5 Å². The minimum absolute atomic E-state index is 0.200. The molecule has 0 unspecified atom stereocenters. The Morgan fingerprint density at radius 3 is 3.21 bits per heavy atom. The van der Waals surface area contributed by atoms with Crippen LogP contribution in [0.4, 0.5) is 0 Å². The molecule has 100 valence electrons. The number of fused-ring (bicyclic) bond motifs is 1. The first-order chi connectivity index (χ1) is 9.40. The van der Waals surface area contributed by atoms with Crippen LogP contribution in [0.15, 0.2) is 30.6 Å². The maximum Gasteiger partial charge on any atom is 0.137 e. The van der Waals surface area contributed by atoms with Gasteiger partial charge in [0.1, 0.15) is 5.82 Å². The molecule has 0 saturated heterocycles. The SMILES string of the molecule is CNCC[C@@H]1OCCc2c(-c3ncc[nH]3)cccc21. The Labute approximate surface area is 113 Å². The van der Waals surface area contributed by atoms with Gasteiger partial charge in [-0.3, -0.25) is 0 Å². The molecule has 1 atom stereocenters. The first-order valence-corrected chi connectivity index (χ1v) is 6.78. The maximum absolute atomic E-state index is 5.91. The minimum Gasteiger partial charge on any atom is -0.373 e. The Bertz CT molecular complexity index is 536. The fraction of sp³-hybridized carbons (Fsp3) is 0.400. The molecule has 3 rings (SSSR count). The maximum atomic E-state index is 5.91. The van der Waals surface area contributed by atoms with Gasteiger partial charge in [-0.25, -0.2) is 4.98 Å². The van der Waals surface area contributed by atoms with Crippen molar-refractivity contribution in [3.05, 3.63) is 41.7 Å². The Morgan fingerprint density at radius 1 is 1.47 bits per heavy atom. The third-order valence-electron chi connectivity index (χ3n) is 3.64. The van der Waals surface area contributed by atoms with E-state index in [9.17, 15) is 0 Å². The largest absolute Gasteiger partial charge is 0.373 e. The molecule has 4 nitrogen and oxygen atoms in total. The Balaban J connectivity index is 1.97. The van der Waals surface area contributed by atoms with E-state index < -0.39 is 0 Å². The van der Waals surface area contributed by atoms with Crippen LogP contribution in [0.2, 0.25) is 0 Å². The van der Waals surface area contributed by atoms with Gasteiger partial charge in [-0.05, 0) is 37.6 Å². The van der Waals surface area contributed by atoms with Gasteiger partial charge in [0.15, 0.2) is 0 Å². The predicted octanol–water partition coefficient (Wildman–Crippen LogP) is 2.30. The van der Waals surface area contributed by atoms with Crippen LogP contribution in [-0.2, 0) is 11.2 Å². The molecule has 0 bridgehead atoms. The van der Waals surface area contributed by atoms with E-state index in [-0.39, 0.29) is 6.10 Å². The van der Waals surface area contributed by atoms with Crippen LogP contribution >= 0.6 is 0 Å². The summed E-state index contributed by atoms with van der Waals surface area (Å²) >= 11 is 0. The number of aromatic amines is 1. The van der Waals surface area contributed by atoms with E-state index in [4.69, 9.17) is 4.74 Å². The molecule has 19 heavy (non-hydrogen) atoms. The van der Waals surface area contributed by atoms with Crippen LogP contribution in [0.1, 0.15) is 23.7 Å². The summed E-state index contributed by atoms with van der Waals surface area (Å²) in [6, 6.07) is 6.41. The summed E-state index contributed by atoms with van der Waals surface area (Å²) in [4.78, 5) is 7.57. The number of benzene rings is 1. The number of hydrogen-bond donors (Lipinski definition) is 2. The second-order valence-electron chi connectivity index (χ2n) is 4.81. The second kappa shape index (κ2) is 5.55. The molecule has 2 N–H and O–H groups in total. The molecule has 4 heteroatoms. The average Bonchev–Trinajstić information content (AvgIpc) is 2.98. The lowest BCUT2D eigenvalue weighted by atomic mass is 9.91. The first-order valence-electron chi connectivity index (χ1n) is 6.78. The van der Waals surface area contributed by atoms with Crippen molar-refractivity contribution in [2.45, 2.75) is 18.9 Å². The van der Waals surface area contributed by atoms with Crippen molar-refractivity contribution in [3.63, 3.8) is 0 Å². The Hall–Kier alpha value is -1.65. The fourth-order valence-electron chi connectivity index (χ4n) is 2.73. The number of aromatic nitrogens is 2. The van der Waals surface area contributed by atoms with Gasteiger partial charge in [-0.2, -0.15) is 0 Å². The van der Waals surface area contributed by atoms with Gasteiger partial charge in [0.05, 0.1) is 12.7 Å². The summed E-state index contributed by atoms with van der Waals surface area (Å²) in [5, 5.41) is 3.19. The summed E-state index contributed by atoms with van der Waals surface area (Å²) in [7, 11) is 1.98. The highest BCUT2D eigenvalue weighted by Gasteiger charge is 2.23. The zero-order valence-electron chi connectivity index (χ0n) is 11.1. The minimum atomic E-state index is 0.200. The number of rotatable bonds is 4. The molecule has 0 fully saturated rings. The number of nitrogens with zero attached hydrogens (tertiary/aromatic N) is 1. The van der Waals surface area contributed by atoms with Crippen LogP contribution in [0, 0.1) is 0 Å². The van der Waals surface area contributed by atoms with Crippen LogP contribution in [0.25, 0.3) is 11.4 Å². The van der Waals surface area contributed by atoms with E-state index in [1.54, 1.807) is 6.20 Å². The van der Waals surface area contributed by atoms with Gasteiger partial charge in [0.2, 0.25) is 0 Å². The van der Waals surface area contributed by atoms with Gasteiger partial charge in [-0.1, -0.05) is 18.2 Å². The van der Waals surface area contributed by atoms with Crippen molar-refractivity contribution in [3.8, 4) is 11.4 Å². The Morgan fingerprint density at radius 2 is 2.42 bits per heavy atom. The molecule has 0 spiro atoms. The zero-order chi connectivity index (χ0) is 13.1. The molecule has 0 saturated carbocycles. The third-order valence-corrected chi connectivity index (χ3v) is 3.64. The van der Waals surface area contributed by atoms with Gasteiger partial charge >= 0.3 is 0 Å². The molecule has 0 amide bonds. The molecule has 1 aliphatic heterocycles. The van der Waals surface area contributed by atoms with E-state index in [0.717, 1.165) is 31.8 Å². The highest BCUT2D eigenvalue weighted by molar-refractivity contribution is 5.63. The van der Waals surface area contributed by atoms with Crippen molar-refractivity contribution in [1.82, 2.24) is 15.3 Å². The molecular formula is C15H19N3O. The standard InChI is InChI=1S/C15H19N3O/c1-16-7-5-14-12-3-2-4-13(11(12)6-10-19-14)15-17-8-9-18-15/h2-4,8-9,14,16H,5-7,10H2,1H3,(H,17,18)/t14-/m0/s1. The number of ether oxygens (including phenoxy) is 1. The highest BCUT2D eigenvalue weighted by Crippen LogP contribution is 2.34. The molecule has 1 aromatic heterocycles. The van der Waals surface area contributed by atoms with Crippen molar-refractivity contribution in [2.75, 3.05) is 20.2 Å². The Kier molecular flexibility index (Phi) is 3.62. The van der Waals surface area contributed by atoms with Crippen molar-refractivity contribution in [1.29, 1.82) is 0 Å². The molecule has 2 heterocycles. The lowest BCUT2D eigenvalue weighted by Crippen LogP contribution is -2.21. The number of nitrogens with one attached hydrogen (secondary N) is 2. The molecular weight excluding hydrogens is 238 g/mol. The van der Waals surface area contributed by atoms with Crippen molar-refractivity contribution in [2.24, 2.45) is 0 Å². The molecule has 1 aliphatic rings. The summed E-state index contributed by atoms with van der Waals surface area (Å²) < 4.78 is 5.91. The molecule has 1 aromatic carbocycles. The topological polar surface area (TPSA) is 49.9 Å². The number of hydrogen-bond acceptors (Lipinski definition) is 3. The smallest absolute Gasteiger partial charge is 0.137 e. The van der Waals surface area contributed by atoms with E-state index in [0.29, 0.717) is 0 Å². The molecule has 2 aromatic rings. The molecule has 0 aliphatic carbocycles. The van der Waals surface area contributed by atoms with E-state index in [1.165, 1.54) is 16.7 Å². The second-order valence-corrected chi connectivity index (χ2v) is 4.81. The van der Waals surface area contributed by atoms with Crippen LogP contribution < -0.4 is 5.32 Å². The van der Waals surface area contributed by atoms with Crippen molar-refractivity contribution < 1.29 is 4.74 Å². The van der Waals surface area contributed by atoms with Gasteiger partial charge in [0, 0.05) is 18.0 Å². The lowest BCUT2D eigenvalue weighted by molar-refractivity contribution is 0.0372. The highest BCUT2D eigenvalue weighted by atomic mass is 16.5. The van der Waals surface area contributed by atoms with Crippen LogP contribution in [0.5, 0.6) is 0 Å². The predicted molar refractivity (Wildman–Crippen MR) is 75.0 cm³/mol. The fourth-order valence-corrected chi connectivity index (χ4v) is 2.73. The van der Waals surface area contributed by atoms with Crippen molar-refractivity contribution >= 4 is 0 Å². The summed E-state index contributed by atoms with van der Waals surface area (Å²) in [6.07, 6.45) is 5.83. The zero-order valence-corrected chi connectivity index (χ0v) is 11.1. The monoisotopic (exact) mass is 257 g/mol. The van der Waals surface area contributed by atoms with E-state index >= 15 is 0 Å². The van der Waals surface area contributed by atoms with Gasteiger partial charge in [0.25, 0.3) is 0 Å². The van der Waals surface area contributed by atoms with Crippen LogP contribution in [-0.4, -0.2) is 30.2 Å². The average molecular weight is 257 g/mol. The summed E-state index contributed by atoms with van der Waals surface area (Å²) in [6.45, 7) is 1.76. The molecule has 0 radical (unpaired) electrons. The van der Waals surface area contributed by atoms with Crippen LogP contribution in [0.3, 0.4) is 0 Å². The summed E-state index contributed by atoms with van der Waals surface area (Å²) in [5.41, 5.74) is 3.90.